The van der Waals surface area contributed by atoms with Gasteiger partial charge in [-0.3, -0.25) is 0 Å². The first-order valence-corrected chi connectivity index (χ1v) is 6.28. The molecule has 104 valence electrons. The summed E-state index contributed by atoms with van der Waals surface area (Å²) in [6.45, 7) is 0.847. The number of hydrogen-bond acceptors (Lipinski definition) is 3. The van der Waals surface area contributed by atoms with Crippen molar-refractivity contribution >= 4 is 0 Å². The quantitative estimate of drug-likeness (QED) is 0.898. The van der Waals surface area contributed by atoms with Crippen molar-refractivity contribution < 1.29 is 22.6 Å². The fourth-order valence-corrected chi connectivity index (χ4v) is 2.68. The van der Waals surface area contributed by atoms with E-state index in [-0.39, 0.29) is 24.1 Å². The van der Waals surface area contributed by atoms with Gasteiger partial charge in [0.2, 0.25) is 6.79 Å². The SMILES string of the molecule is FC(F)(F)c1ccc2c(c1CC1CCCN1)OCO2. The highest BCUT2D eigenvalue weighted by Gasteiger charge is 2.37. The number of ether oxygens (including phenoxy) is 2. The first-order valence-electron chi connectivity index (χ1n) is 6.28. The maximum Gasteiger partial charge on any atom is 0.416 e. The summed E-state index contributed by atoms with van der Waals surface area (Å²) in [5.41, 5.74) is -0.410. The van der Waals surface area contributed by atoms with Crippen LogP contribution in [0.15, 0.2) is 12.1 Å². The lowest BCUT2D eigenvalue weighted by Crippen LogP contribution is -2.25. The van der Waals surface area contributed by atoms with Crippen LogP contribution in [0.4, 0.5) is 13.2 Å². The van der Waals surface area contributed by atoms with Crippen LogP contribution in [-0.4, -0.2) is 19.4 Å². The second-order valence-electron chi connectivity index (χ2n) is 4.82. The van der Waals surface area contributed by atoms with Crippen molar-refractivity contribution in [3.8, 4) is 11.5 Å². The van der Waals surface area contributed by atoms with E-state index in [1.165, 1.54) is 6.07 Å². The van der Waals surface area contributed by atoms with E-state index in [4.69, 9.17) is 9.47 Å². The van der Waals surface area contributed by atoms with E-state index in [1.54, 1.807) is 0 Å². The molecule has 1 aromatic carbocycles. The standard InChI is InChI=1S/C13H14F3NO2/c14-13(15,16)10-3-4-11-12(19-7-18-11)9(10)6-8-2-1-5-17-8/h3-4,8,17H,1-2,5-7H2. The maximum absolute atomic E-state index is 13.1. The number of halogens is 3. The van der Waals surface area contributed by atoms with Crippen LogP contribution in [0.5, 0.6) is 11.5 Å². The predicted octanol–water partition coefficient (Wildman–Crippen LogP) is 2.73. The lowest BCUT2D eigenvalue weighted by Gasteiger charge is -2.18. The molecule has 2 aliphatic rings. The molecule has 2 heterocycles. The highest BCUT2D eigenvalue weighted by atomic mass is 19.4. The van der Waals surface area contributed by atoms with E-state index in [1.807, 2.05) is 0 Å². The normalized spacial score (nSPS) is 21.9. The molecule has 1 N–H and O–H groups in total. The van der Waals surface area contributed by atoms with Gasteiger partial charge in [0.25, 0.3) is 0 Å². The zero-order chi connectivity index (χ0) is 13.5. The Kier molecular flexibility index (Phi) is 3.05. The van der Waals surface area contributed by atoms with Gasteiger partial charge in [0.15, 0.2) is 11.5 Å². The summed E-state index contributed by atoms with van der Waals surface area (Å²) in [5.74, 6) is 0.657. The average molecular weight is 273 g/mol. The van der Waals surface area contributed by atoms with Crippen LogP contribution >= 0.6 is 0 Å². The van der Waals surface area contributed by atoms with Crippen molar-refractivity contribution in [2.75, 3.05) is 13.3 Å². The summed E-state index contributed by atoms with van der Waals surface area (Å²) in [7, 11) is 0. The molecule has 1 unspecified atom stereocenters. The van der Waals surface area contributed by atoms with E-state index < -0.39 is 11.7 Å². The largest absolute Gasteiger partial charge is 0.454 e. The fraction of sp³-hybridized carbons (Fsp3) is 0.538. The summed E-state index contributed by atoms with van der Waals surface area (Å²) in [6.07, 6.45) is -2.16. The average Bonchev–Trinajstić information content (AvgIpc) is 2.96. The minimum absolute atomic E-state index is 0.0122. The van der Waals surface area contributed by atoms with Gasteiger partial charge >= 0.3 is 6.18 Å². The van der Waals surface area contributed by atoms with E-state index in [2.05, 4.69) is 5.32 Å². The molecule has 0 spiro atoms. The number of fused-ring (bicyclic) bond motifs is 1. The molecule has 1 saturated heterocycles. The molecule has 3 rings (SSSR count). The lowest BCUT2D eigenvalue weighted by molar-refractivity contribution is -0.138. The van der Waals surface area contributed by atoms with Crippen LogP contribution in [0.2, 0.25) is 0 Å². The summed E-state index contributed by atoms with van der Waals surface area (Å²) in [6, 6.07) is 2.49. The minimum Gasteiger partial charge on any atom is -0.454 e. The van der Waals surface area contributed by atoms with Crippen LogP contribution in [-0.2, 0) is 12.6 Å². The summed E-state index contributed by atoms with van der Waals surface area (Å²) in [5, 5.41) is 3.21. The Morgan fingerprint density at radius 2 is 2.11 bits per heavy atom. The van der Waals surface area contributed by atoms with Gasteiger partial charge in [0, 0.05) is 11.6 Å². The molecule has 1 aromatic rings. The molecular formula is C13H14F3NO2. The summed E-state index contributed by atoms with van der Waals surface area (Å²) < 4.78 is 49.6. The van der Waals surface area contributed by atoms with Crippen LogP contribution < -0.4 is 14.8 Å². The molecule has 0 aliphatic carbocycles. The Hall–Kier alpha value is -1.43. The van der Waals surface area contributed by atoms with Crippen LogP contribution in [0.1, 0.15) is 24.0 Å². The third kappa shape index (κ3) is 2.36. The minimum atomic E-state index is -4.37. The molecule has 3 nitrogen and oxygen atoms in total. The van der Waals surface area contributed by atoms with E-state index in [9.17, 15) is 13.2 Å². The second-order valence-corrected chi connectivity index (χ2v) is 4.82. The molecule has 19 heavy (non-hydrogen) atoms. The molecule has 2 aliphatic heterocycles. The first-order chi connectivity index (χ1) is 9.05. The Bertz CT molecular complexity index is 482. The van der Waals surface area contributed by atoms with Gasteiger partial charge in [-0.2, -0.15) is 13.2 Å². The van der Waals surface area contributed by atoms with Crippen molar-refractivity contribution in [1.29, 1.82) is 0 Å². The molecular weight excluding hydrogens is 259 g/mol. The number of hydrogen-bond donors (Lipinski definition) is 1. The molecule has 0 saturated carbocycles. The highest BCUT2D eigenvalue weighted by Crippen LogP contribution is 2.44. The van der Waals surface area contributed by atoms with Crippen molar-refractivity contribution in [1.82, 2.24) is 5.32 Å². The number of nitrogens with one attached hydrogen (secondary N) is 1. The molecule has 0 bridgehead atoms. The van der Waals surface area contributed by atoms with Crippen molar-refractivity contribution in [3.05, 3.63) is 23.3 Å². The smallest absolute Gasteiger partial charge is 0.416 e. The van der Waals surface area contributed by atoms with Gasteiger partial charge in [0.1, 0.15) is 0 Å². The molecule has 1 atom stereocenters. The Morgan fingerprint density at radius 3 is 2.79 bits per heavy atom. The van der Waals surface area contributed by atoms with Crippen molar-refractivity contribution in [2.45, 2.75) is 31.5 Å². The van der Waals surface area contributed by atoms with Gasteiger partial charge in [-0.15, -0.1) is 0 Å². The van der Waals surface area contributed by atoms with Gasteiger partial charge in [-0.1, -0.05) is 0 Å². The summed E-state index contributed by atoms with van der Waals surface area (Å²) >= 11 is 0. The van der Waals surface area contributed by atoms with Crippen molar-refractivity contribution in [2.24, 2.45) is 0 Å². The highest BCUT2D eigenvalue weighted by molar-refractivity contribution is 5.53. The van der Waals surface area contributed by atoms with Crippen molar-refractivity contribution in [3.63, 3.8) is 0 Å². The lowest BCUT2D eigenvalue weighted by atomic mass is 9.97. The number of benzene rings is 1. The van der Waals surface area contributed by atoms with E-state index >= 15 is 0 Å². The van der Waals surface area contributed by atoms with Crippen LogP contribution in [0.25, 0.3) is 0 Å². The van der Waals surface area contributed by atoms with Gasteiger partial charge < -0.3 is 14.8 Å². The van der Waals surface area contributed by atoms with Gasteiger partial charge in [0.05, 0.1) is 5.56 Å². The third-order valence-corrected chi connectivity index (χ3v) is 3.56. The Balaban J connectivity index is 2.00. The summed E-state index contributed by atoms with van der Waals surface area (Å²) in [4.78, 5) is 0. The monoisotopic (exact) mass is 273 g/mol. The Labute approximate surface area is 108 Å². The third-order valence-electron chi connectivity index (χ3n) is 3.56. The molecule has 6 heteroatoms. The Morgan fingerprint density at radius 1 is 1.26 bits per heavy atom. The van der Waals surface area contributed by atoms with E-state index in [0.29, 0.717) is 12.2 Å². The molecule has 0 radical (unpaired) electrons. The maximum atomic E-state index is 13.1. The molecule has 0 amide bonds. The van der Waals surface area contributed by atoms with Crippen LogP contribution in [0.3, 0.4) is 0 Å². The van der Waals surface area contributed by atoms with Gasteiger partial charge in [-0.25, -0.2) is 0 Å². The number of rotatable bonds is 2. The fourth-order valence-electron chi connectivity index (χ4n) is 2.68. The van der Waals surface area contributed by atoms with Crippen LogP contribution in [0, 0.1) is 0 Å². The topological polar surface area (TPSA) is 30.5 Å². The zero-order valence-electron chi connectivity index (χ0n) is 10.2. The zero-order valence-corrected chi connectivity index (χ0v) is 10.2. The predicted molar refractivity (Wildman–Crippen MR) is 62.3 cm³/mol. The number of alkyl halides is 3. The van der Waals surface area contributed by atoms with Gasteiger partial charge in [-0.05, 0) is 37.9 Å². The first kappa shape index (κ1) is 12.6. The second kappa shape index (κ2) is 4.59. The van der Waals surface area contributed by atoms with E-state index in [0.717, 1.165) is 25.5 Å². The molecule has 0 aromatic heterocycles. The molecule has 1 fully saturated rings.